The first-order valence-corrected chi connectivity index (χ1v) is 13.0. The lowest BCUT2D eigenvalue weighted by Crippen LogP contribution is -2.50. The lowest BCUT2D eigenvalue weighted by Gasteiger charge is -2.41. The maximum Gasteiger partial charge on any atom is 0.416 e. The van der Waals surface area contributed by atoms with Gasteiger partial charge in [-0.3, -0.25) is 9.59 Å². The molecule has 2 amide bonds. The van der Waals surface area contributed by atoms with Crippen LogP contribution in [0, 0.1) is 17.7 Å². The summed E-state index contributed by atoms with van der Waals surface area (Å²) in [6, 6.07) is 6.81. The molecular weight excluding hydrogens is 543 g/mol. The van der Waals surface area contributed by atoms with Crippen molar-refractivity contribution in [1.82, 2.24) is 15.1 Å². The Bertz CT molecular complexity index is 1180. The number of benzene rings is 2. The Hall–Kier alpha value is -3.15. The highest BCUT2D eigenvalue weighted by molar-refractivity contribution is 5.82. The predicted octanol–water partition coefficient (Wildman–Crippen LogP) is 5.45. The molecule has 12 heteroatoms. The van der Waals surface area contributed by atoms with E-state index in [0.717, 1.165) is 18.0 Å². The van der Waals surface area contributed by atoms with E-state index in [2.05, 4.69) is 5.32 Å². The number of carbonyl (C=O) groups excluding carboxylic acids is 2. The minimum Gasteiger partial charge on any atom is -0.342 e. The van der Waals surface area contributed by atoms with Crippen LogP contribution in [0.1, 0.15) is 47.4 Å². The summed E-state index contributed by atoms with van der Waals surface area (Å²) in [4.78, 5) is 29.6. The van der Waals surface area contributed by atoms with E-state index < -0.39 is 53.6 Å². The van der Waals surface area contributed by atoms with Crippen molar-refractivity contribution in [1.29, 1.82) is 0 Å². The number of nitrogens with one attached hydrogen (secondary N) is 1. The number of carbonyl (C=O) groups is 2. The van der Waals surface area contributed by atoms with E-state index in [1.165, 1.54) is 31.3 Å². The van der Waals surface area contributed by atoms with Gasteiger partial charge in [-0.2, -0.15) is 26.3 Å². The zero-order valence-electron chi connectivity index (χ0n) is 21.8. The highest BCUT2D eigenvalue weighted by Crippen LogP contribution is 2.38. The van der Waals surface area contributed by atoms with E-state index >= 15 is 0 Å². The van der Waals surface area contributed by atoms with Gasteiger partial charge in [0.1, 0.15) is 5.82 Å². The third-order valence-electron chi connectivity index (χ3n) is 7.67. The third-order valence-corrected chi connectivity index (χ3v) is 7.67. The molecule has 4 rings (SSSR count). The molecule has 0 unspecified atom stereocenters. The number of alkyl halides is 6. The quantitative estimate of drug-likeness (QED) is 0.484. The molecule has 0 radical (unpaired) electrons. The maximum atomic E-state index is 13.7. The fourth-order valence-corrected chi connectivity index (χ4v) is 5.57. The van der Waals surface area contributed by atoms with Crippen LogP contribution < -0.4 is 5.32 Å². The van der Waals surface area contributed by atoms with E-state index in [1.54, 1.807) is 4.90 Å². The first-order chi connectivity index (χ1) is 18.7. The monoisotopic (exact) mass is 573 g/mol. The summed E-state index contributed by atoms with van der Waals surface area (Å²) < 4.78 is 93.6. The van der Waals surface area contributed by atoms with E-state index in [9.17, 15) is 40.3 Å². The minimum atomic E-state index is -5.00. The van der Waals surface area contributed by atoms with Crippen LogP contribution in [0.4, 0.5) is 30.7 Å². The topological polar surface area (TPSA) is 52.7 Å². The molecule has 2 saturated heterocycles. The Morgan fingerprint density at radius 1 is 0.925 bits per heavy atom. The molecule has 0 aromatic heterocycles. The SMILES string of the molecule is CN(Cc1cc(C(F)(F)F)cc(C(F)(F)F)c1)C(=O)[C@H]1CCN(C(=O)C2CCNCC2)C[C@H]1c1ccc(F)cc1. The van der Waals surface area contributed by atoms with Crippen molar-refractivity contribution in [2.24, 2.45) is 11.8 Å². The van der Waals surface area contributed by atoms with Crippen LogP contribution in [-0.2, 0) is 28.5 Å². The van der Waals surface area contributed by atoms with Crippen LogP contribution in [0.2, 0.25) is 0 Å². The first kappa shape index (κ1) is 29.8. The van der Waals surface area contributed by atoms with Crippen LogP contribution >= 0.6 is 0 Å². The molecule has 40 heavy (non-hydrogen) atoms. The van der Waals surface area contributed by atoms with E-state index in [-0.39, 0.29) is 43.0 Å². The molecule has 2 aliphatic rings. The van der Waals surface area contributed by atoms with E-state index in [0.29, 0.717) is 30.5 Å². The number of hydrogen-bond acceptors (Lipinski definition) is 3. The van der Waals surface area contributed by atoms with Gasteiger partial charge < -0.3 is 15.1 Å². The van der Waals surface area contributed by atoms with Gasteiger partial charge in [-0.15, -0.1) is 0 Å². The Morgan fingerprint density at radius 3 is 2.05 bits per heavy atom. The number of nitrogens with zero attached hydrogens (tertiary/aromatic N) is 2. The van der Waals surface area contributed by atoms with Gasteiger partial charge in [0.25, 0.3) is 0 Å². The summed E-state index contributed by atoms with van der Waals surface area (Å²) in [6.07, 6.45) is -8.37. The average molecular weight is 574 g/mol. The van der Waals surface area contributed by atoms with Gasteiger partial charge in [-0.05, 0) is 73.8 Å². The number of amides is 2. The van der Waals surface area contributed by atoms with Crippen molar-refractivity contribution in [2.45, 2.75) is 44.1 Å². The second-order valence-electron chi connectivity index (χ2n) is 10.5. The molecule has 2 aromatic rings. The lowest BCUT2D eigenvalue weighted by atomic mass is 9.79. The molecule has 0 saturated carbocycles. The van der Waals surface area contributed by atoms with Crippen LogP contribution in [-0.4, -0.2) is 54.8 Å². The smallest absolute Gasteiger partial charge is 0.342 e. The third kappa shape index (κ3) is 6.94. The normalized spacial score (nSPS) is 20.9. The Kier molecular flexibility index (Phi) is 8.77. The van der Waals surface area contributed by atoms with Gasteiger partial charge in [0, 0.05) is 44.4 Å². The van der Waals surface area contributed by atoms with Gasteiger partial charge in [-0.25, -0.2) is 4.39 Å². The summed E-state index contributed by atoms with van der Waals surface area (Å²) in [5, 5.41) is 3.21. The molecule has 218 valence electrons. The van der Waals surface area contributed by atoms with E-state index in [1.807, 2.05) is 0 Å². The second-order valence-corrected chi connectivity index (χ2v) is 10.5. The molecule has 2 atom stereocenters. The van der Waals surface area contributed by atoms with Crippen molar-refractivity contribution < 1.29 is 40.3 Å². The fourth-order valence-electron chi connectivity index (χ4n) is 5.57. The highest BCUT2D eigenvalue weighted by Gasteiger charge is 2.40. The lowest BCUT2D eigenvalue weighted by molar-refractivity contribution is -0.144. The van der Waals surface area contributed by atoms with Crippen molar-refractivity contribution in [3.8, 4) is 0 Å². The molecular formula is C28H30F7N3O2. The van der Waals surface area contributed by atoms with E-state index in [4.69, 9.17) is 0 Å². The molecule has 2 aromatic carbocycles. The van der Waals surface area contributed by atoms with Crippen molar-refractivity contribution in [3.63, 3.8) is 0 Å². The number of rotatable bonds is 5. The van der Waals surface area contributed by atoms with Gasteiger partial charge in [0.05, 0.1) is 11.1 Å². The summed E-state index contributed by atoms with van der Waals surface area (Å²) in [5.41, 5.74) is -2.59. The van der Waals surface area contributed by atoms with Gasteiger partial charge in [-0.1, -0.05) is 12.1 Å². The molecule has 2 fully saturated rings. The number of halogens is 7. The summed E-state index contributed by atoms with van der Waals surface area (Å²) in [7, 11) is 1.32. The Balaban J connectivity index is 1.57. The number of piperidine rings is 2. The fraction of sp³-hybridized carbons (Fsp3) is 0.500. The molecule has 0 aliphatic carbocycles. The Labute approximate surface area is 227 Å². The zero-order chi connectivity index (χ0) is 29.2. The standard InChI is InChI=1S/C28H30F7N3O2/c1-37(15-17-12-20(27(30,31)32)14-21(13-17)28(33,34)35)26(40)23-8-11-38(25(39)19-6-9-36-10-7-19)16-24(23)18-2-4-22(29)5-3-18/h2-5,12-14,19,23-24,36H,6-11,15-16H2,1H3/t23-,24-/m0/s1. The van der Waals surface area contributed by atoms with Crippen LogP contribution in [0.15, 0.2) is 42.5 Å². The van der Waals surface area contributed by atoms with Crippen LogP contribution in [0.25, 0.3) is 0 Å². The van der Waals surface area contributed by atoms with Gasteiger partial charge in [0.2, 0.25) is 11.8 Å². The zero-order valence-corrected chi connectivity index (χ0v) is 21.8. The summed E-state index contributed by atoms with van der Waals surface area (Å²) >= 11 is 0. The highest BCUT2D eigenvalue weighted by atomic mass is 19.4. The second kappa shape index (κ2) is 11.8. The maximum absolute atomic E-state index is 13.7. The average Bonchev–Trinajstić information content (AvgIpc) is 2.91. The summed E-state index contributed by atoms with van der Waals surface area (Å²) in [6.45, 7) is 1.45. The predicted molar refractivity (Wildman–Crippen MR) is 132 cm³/mol. The summed E-state index contributed by atoms with van der Waals surface area (Å²) in [5.74, 6) is -2.35. The number of hydrogen-bond donors (Lipinski definition) is 1. The largest absolute Gasteiger partial charge is 0.416 e. The van der Waals surface area contributed by atoms with Crippen molar-refractivity contribution >= 4 is 11.8 Å². The molecule has 0 bridgehead atoms. The van der Waals surface area contributed by atoms with Crippen LogP contribution in [0.3, 0.4) is 0 Å². The Morgan fingerprint density at radius 2 is 1.50 bits per heavy atom. The molecule has 5 nitrogen and oxygen atoms in total. The molecule has 2 aliphatic heterocycles. The van der Waals surface area contributed by atoms with Crippen LogP contribution in [0.5, 0.6) is 0 Å². The number of likely N-dealkylation sites (tertiary alicyclic amines) is 1. The molecule has 2 heterocycles. The molecule has 0 spiro atoms. The van der Waals surface area contributed by atoms with Gasteiger partial charge >= 0.3 is 12.4 Å². The van der Waals surface area contributed by atoms with Gasteiger partial charge in [0.15, 0.2) is 0 Å². The minimum absolute atomic E-state index is 0.0171. The van der Waals surface area contributed by atoms with Crippen molar-refractivity contribution in [3.05, 3.63) is 70.5 Å². The first-order valence-electron chi connectivity index (χ1n) is 13.0. The molecule has 1 N–H and O–H groups in total. The van der Waals surface area contributed by atoms with Crippen molar-refractivity contribution in [2.75, 3.05) is 33.2 Å².